The Morgan fingerprint density at radius 2 is 1.12 bits per heavy atom. The number of hydrogen-bond donors (Lipinski definition) is 0. The summed E-state index contributed by atoms with van der Waals surface area (Å²) in [6, 6.07) is 40.1. The zero-order valence-corrected chi connectivity index (χ0v) is 33.3. The van der Waals surface area contributed by atoms with Crippen LogP contribution in [0.2, 0.25) is 0 Å². The lowest BCUT2D eigenvalue weighted by Gasteiger charge is -2.46. The van der Waals surface area contributed by atoms with E-state index in [2.05, 4.69) is 42.5 Å². The van der Waals surface area contributed by atoms with E-state index in [1.807, 2.05) is 126 Å². The molecular weight excluding hydrogens is 707 g/mol. The van der Waals surface area contributed by atoms with Gasteiger partial charge in [-0.25, -0.2) is 4.79 Å². The van der Waals surface area contributed by atoms with Crippen LogP contribution >= 0.6 is 0 Å². The highest BCUT2D eigenvalue weighted by atomic mass is 16.6. The standard InChI is InChI=1S/C47H57NO8/c1-46(2,3)56-45(49)48-39(33-54-47(48,4)5)27-18-28-40-42(51-30-36-21-12-7-13-22-36)44(53-32-38-25-16-9-17-26-38)43(52-31-37-23-14-8-15-24-37)41(55-40)34-50-29-35-19-10-6-11-20-35/h6-27,39-44H,28-34H2,1-5H3/b27-18+/t39-,40+,41+,42-,43+,44+/m0/s1. The molecule has 0 spiro atoms. The molecule has 4 aromatic rings. The molecule has 6 atom stereocenters. The second kappa shape index (κ2) is 19.7. The smallest absolute Gasteiger partial charge is 0.413 e. The molecule has 2 aliphatic heterocycles. The maximum Gasteiger partial charge on any atom is 0.413 e. The highest BCUT2D eigenvalue weighted by Crippen LogP contribution is 2.34. The molecule has 9 nitrogen and oxygen atoms in total. The quantitative estimate of drug-likeness (QED) is 0.105. The van der Waals surface area contributed by atoms with Gasteiger partial charge in [0.05, 0.1) is 51.8 Å². The molecule has 56 heavy (non-hydrogen) atoms. The summed E-state index contributed by atoms with van der Waals surface area (Å²) in [4.78, 5) is 15.1. The van der Waals surface area contributed by atoms with Gasteiger partial charge in [-0.15, -0.1) is 0 Å². The average molecular weight is 764 g/mol. The van der Waals surface area contributed by atoms with Gasteiger partial charge in [0.2, 0.25) is 0 Å². The average Bonchev–Trinajstić information content (AvgIpc) is 3.50. The summed E-state index contributed by atoms with van der Waals surface area (Å²) in [7, 11) is 0. The van der Waals surface area contributed by atoms with Gasteiger partial charge in [0, 0.05) is 0 Å². The van der Waals surface area contributed by atoms with E-state index in [0.717, 1.165) is 22.3 Å². The molecule has 0 radical (unpaired) electrons. The topological polar surface area (TPSA) is 84.9 Å². The van der Waals surface area contributed by atoms with Crippen molar-refractivity contribution in [1.29, 1.82) is 0 Å². The lowest BCUT2D eigenvalue weighted by atomic mass is 9.92. The Labute approximate surface area is 332 Å². The first kappa shape index (κ1) is 41.3. The molecule has 0 aliphatic carbocycles. The minimum atomic E-state index is -0.832. The van der Waals surface area contributed by atoms with E-state index in [-0.39, 0.29) is 12.6 Å². The van der Waals surface area contributed by atoms with Crippen LogP contribution in [0.3, 0.4) is 0 Å². The Balaban J connectivity index is 1.30. The number of rotatable bonds is 16. The predicted octanol–water partition coefficient (Wildman–Crippen LogP) is 9.05. The molecule has 298 valence electrons. The van der Waals surface area contributed by atoms with E-state index in [1.54, 1.807) is 4.90 Å². The van der Waals surface area contributed by atoms with Gasteiger partial charge in [-0.3, -0.25) is 4.90 Å². The Bertz CT molecular complexity index is 1780. The summed E-state index contributed by atoms with van der Waals surface area (Å²) in [5.41, 5.74) is 2.72. The summed E-state index contributed by atoms with van der Waals surface area (Å²) >= 11 is 0. The second-order valence-electron chi connectivity index (χ2n) is 15.8. The monoisotopic (exact) mass is 763 g/mol. The van der Waals surface area contributed by atoms with E-state index >= 15 is 0 Å². The van der Waals surface area contributed by atoms with Gasteiger partial charge in [-0.05, 0) is 63.3 Å². The molecule has 9 heteroatoms. The van der Waals surface area contributed by atoms with E-state index < -0.39 is 47.9 Å². The van der Waals surface area contributed by atoms with Crippen molar-refractivity contribution < 1.29 is 38.0 Å². The van der Waals surface area contributed by atoms with Crippen LogP contribution in [0, 0.1) is 0 Å². The van der Waals surface area contributed by atoms with Crippen molar-refractivity contribution in [1.82, 2.24) is 4.90 Å². The first-order chi connectivity index (χ1) is 27.1. The second-order valence-corrected chi connectivity index (χ2v) is 15.8. The van der Waals surface area contributed by atoms with E-state index in [4.69, 9.17) is 33.2 Å². The Morgan fingerprint density at radius 1 is 0.679 bits per heavy atom. The molecule has 0 aromatic heterocycles. The molecule has 4 aromatic carbocycles. The third-order valence-corrected chi connectivity index (χ3v) is 9.82. The fraction of sp³-hybridized carbons (Fsp3) is 0.426. The first-order valence-corrected chi connectivity index (χ1v) is 19.6. The zero-order valence-electron chi connectivity index (χ0n) is 33.3. The number of nitrogens with zero attached hydrogens (tertiary/aromatic N) is 1. The molecule has 0 N–H and O–H groups in total. The van der Waals surface area contributed by atoms with Crippen LogP contribution in [-0.2, 0) is 59.6 Å². The molecule has 2 heterocycles. The molecule has 2 saturated heterocycles. The van der Waals surface area contributed by atoms with Crippen molar-refractivity contribution in [3.63, 3.8) is 0 Å². The minimum absolute atomic E-state index is 0.280. The van der Waals surface area contributed by atoms with Gasteiger partial charge in [-0.2, -0.15) is 0 Å². The van der Waals surface area contributed by atoms with Crippen LogP contribution in [0.15, 0.2) is 133 Å². The van der Waals surface area contributed by atoms with Crippen LogP contribution in [0.1, 0.15) is 63.3 Å². The molecular formula is C47H57NO8. The van der Waals surface area contributed by atoms with Gasteiger partial charge in [0.1, 0.15) is 35.7 Å². The molecule has 0 saturated carbocycles. The van der Waals surface area contributed by atoms with Crippen molar-refractivity contribution in [2.24, 2.45) is 0 Å². The Hall–Kier alpha value is -4.35. The van der Waals surface area contributed by atoms with Gasteiger partial charge in [-0.1, -0.05) is 133 Å². The highest BCUT2D eigenvalue weighted by Gasteiger charge is 2.49. The van der Waals surface area contributed by atoms with Crippen LogP contribution in [0.5, 0.6) is 0 Å². The van der Waals surface area contributed by atoms with E-state index in [1.165, 1.54) is 0 Å². The van der Waals surface area contributed by atoms with E-state index in [0.29, 0.717) is 39.5 Å². The van der Waals surface area contributed by atoms with Crippen LogP contribution in [0.25, 0.3) is 0 Å². The third-order valence-electron chi connectivity index (χ3n) is 9.82. The van der Waals surface area contributed by atoms with Crippen LogP contribution in [-0.4, -0.2) is 72.1 Å². The highest BCUT2D eigenvalue weighted by molar-refractivity contribution is 5.70. The summed E-state index contributed by atoms with van der Waals surface area (Å²) in [6.07, 6.45) is 1.63. The van der Waals surface area contributed by atoms with Crippen molar-refractivity contribution in [3.05, 3.63) is 156 Å². The molecule has 1 amide bonds. The molecule has 6 rings (SSSR count). The van der Waals surface area contributed by atoms with Crippen molar-refractivity contribution >= 4 is 6.09 Å². The number of hydrogen-bond acceptors (Lipinski definition) is 8. The molecule has 2 fully saturated rings. The molecule has 2 aliphatic rings. The predicted molar refractivity (Wildman–Crippen MR) is 215 cm³/mol. The summed E-state index contributed by atoms with van der Waals surface area (Å²) < 4.78 is 45.8. The van der Waals surface area contributed by atoms with Gasteiger partial charge < -0.3 is 33.2 Å². The van der Waals surface area contributed by atoms with Crippen molar-refractivity contribution in [2.45, 2.75) is 115 Å². The number of ether oxygens (including phenoxy) is 7. The first-order valence-electron chi connectivity index (χ1n) is 19.6. The zero-order chi connectivity index (χ0) is 39.4. The Kier molecular flexibility index (Phi) is 14.5. The SMILES string of the molecule is CC(C)(C)OC(=O)N1[C@@H](/C=C/C[C@H]2O[C@H](COCc3ccccc3)[C@@H](OCc3ccccc3)[C@H](OCc3ccccc3)[C@H]2OCc2ccccc2)COC1(C)C. The van der Waals surface area contributed by atoms with Crippen LogP contribution in [0.4, 0.5) is 4.79 Å². The lowest BCUT2D eigenvalue weighted by Crippen LogP contribution is -2.61. The fourth-order valence-corrected chi connectivity index (χ4v) is 7.08. The number of benzene rings is 4. The maximum absolute atomic E-state index is 13.4. The largest absolute Gasteiger partial charge is 0.444 e. The number of carbonyl (C=O) groups is 1. The summed E-state index contributed by atoms with van der Waals surface area (Å²) in [6.45, 7) is 11.5. The van der Waals surface area contributed by atoms with Crippen molar-refractivity contribution in [3.8, 4) is 0 Å². The normalized spacial score (nSPS) is 23.7. The minimum Gasteiger partial charge on any atom is -0.444 e. The lowest BCUT2D eigenvalue weighted by molar-refractivity contribution is -0.271. The fourth-order valence-electron chi connectivity index (χ4n) is 7.08. The Morgan fingerprint density at radius 3 is 1.61 bits per heavy atom. The number of amides is 1. The van der Waals surface area contributed by atoms with Gasteiger partial charge in [0.25, 0.3) is 0 Å². The van der Waals surface area contributed by atoms with E-state index in [9.17, 15) is 4.79 Å². The maximum atomic E-state index is 13.4. The summed E-state index contributed by atoms with van der Waals surface area (Å²) in [5.74, 6) is 0. The van der Waals surface area contributed by atoms with Gasteiger partial charge in [0.15, 0.2) is 0 Å². The van der Waals surface area contributed by atoms with Gasteiger partial charge >= 0.3 is 6.09 Å². The summed E-state index contributed by atoms with van der Waals surface area (Å²) in [5, 5.41) is 0. The van der Waals surface area contributed by atoms with Crippen molar-refractivity contribution in [2.75, 3.05) is 13.2 Å². The third kappa shape index (κ3) is 11.8. The van der Waals surface area contributed by atoms with Crippen LogP contribution < -0.4 is 0 Å². The molecule has 0 bridgehead atoms. The molecule has 0 unspecified atom stereocenters. The number of carbonyl (C=O) groups excluding carboxylic acids is 1.